The monoisotopic (exact) mass is 506 g/mol. The smallest absolute Gasteiger partial charge is 0.310 e. The molecule has 0 spiro atoms. The fraction of sp³-hybridized carbons (Fsp3) is 0.417. The van der Waals surface area contributed by atoms with Crippen molar-refractivity contribution >= 4 is 27.8 Å². The molecule has 1 aliphatic rings. The van der Waals surface area contributed by atoms with Crippen molar-refractivity contribution in [3.63, 3.8) is 0 Å². The van der Waals surface area contributed by atoms with Gasteiger partial charge >= 0.3 is 5.97 Å². The van der Waals surface area contributed by atoms with E-state index in [1.54, 1.807) is 30.3 Å². The van der Waals surface area contributed by atoms with Crippen LogP contribution in [0.4, 0.5) is 4.39 Å². The maximum Gasteiger partial charge on any atom is 0.310 e. The summed E-state index contributed by atoms with van der Waals surface area (Å²) in [4.78, 5) is 28.8. The Kier molecular flexibility index (Phi) is 8.26. The first kappa shape index (κ1) is 24.2. The van der Waals surface area contributed by atoms with Gasteiger partial charge in [-0.3, -0.25) is 14.5 Å². The third-order valence-corrected chi connectivity index (χ3v) is 6.16. The van der Waals surface area contributed by atoms with Crippen LogP contribution in [0.2, 0.25) is 0 Å². The average molecular weight is 507 g/mol. The molecule has 0 bridgehead atoms. The van der Waals surface area contributed by atoms with Crippen molar-refractivity contribution < 1.29 is 23.5 Å². The van der Waals surface area contributed by atoms with Crippen LogP contribution in [0.15, 0.2) is 46.9 Å². The number of hydrogen-bond acceptors (Lipinski definition) is 5. The molecule has 2 aromatic carbocycles. The summed E-state index contributed by atoms with van der Waals surface area (Å²) in [5.41, 5.74) is 1.70. The molecule has 0 N–H and O–H groups in total. The standard InChI is InChI=1S/C24H28BrFN2O4/c1-16-13-28(17(2)12-27(16)14-18-4-7-21(26)8-5-18)23(29)15-32-22-9-6-20(25)10-19(22)11-24(30)31-3/h4-10,16-17H,11-15H2,1-3H3. The lowest BCUT2D eigenvalue weighted by molar-refractivity contribution is -0.140. The van der Waals surface area contributed by atoms with Crippen molar-refractivity contribution in [1.82, 2.24) is 9.80 Å². The van der Waals surface area contributed by atoms with Gasteiger partial charge in [0.1, 0.15) is 11.6 Å². The average Bonchev–Trinajstić information content (AvgIpc) is 2.76. The van der Waals surface area contributed by atoms with Gasteiger partial charge in [0, 0.05) is 41.8 Å². The van der Waals surface area contributed by atoms with E-state index in [4.69, 9.17) is 9.47 Å². The third kappa shape index (κ3) is 6.29. The fourth-order valence-electron chi connectivity index (χ4n) is 3.87. The number of ether oxygens (including phenoxy) is 2. The number of methoxy groups -OCH3 is 1. The minimum Gasteiger partial charge on any atom is -0.483 e. The summed E-state index contributed by atoms with van der Waals surface area (Å²) in [5.74, 6) is -0.231. The number of rotatable bonds is 7. The molecule has 0 aromatic heterocycles. The molecular formula is C24H28BrFN2O4. The zero-order chi connectivity index (χ0) is 23.3. The molecule has 1 fully saturated rings. The van der Waals surface area contributed by atoms with Crippen molar-refractivity contribution in [1.29, 1.82) is 0 Å². The number of halogens is 2. The minimum atomic E-state index is -0.376. The lowest BCUT2D eigenvalue weighted by atomic mass is 10.1. The normalized spacial score (nSPS) is 19.0. The first-order chi connectivity index (χ1) is 15.3. The van der Waals surface area contributed by atoms with Crippen LogP contribution < -0.4 is 4.74 Å². The summed E-state index contributed by atoms with van der Waals surface area (Å²) in [6, 6.07) is 12.0. The second kappa shape index (κ2) is 10.9. The third-order valence-electron chi connectivity index (χ3n) is 5.67. The summed E-state index contributed by atoms with van der Waals surface area (Å²) in [6.45, 7) is 6.00. The number of hydrogen-bond donors (Lipinski definition) is 0. The van der Waals surface area contributed by atoms with Crippen molar-refractivity contribution in [3.05, 3.63) is 63.9 Å². The molecular weight excluding hydrogens is 479 g/mol. The van der Waals surface area contributed by atoms with Crippen LogP contribution in [0.25, 0.3) is 0 Å². The summed E-state index contributed by atoms with van der Waals surface area (Å²) < 4.78 is 24.5. The molecule has 172 valence electrons. The number of benzene rings is 2. The molecule has 6 nitrogen and oxygen atoms in total. The minimum absolute atomic E-state index is 0.0159. The van der Waals surface area contributed by atoms with Crippen molar-refractivity contribution in [2.45, 2.75) is 38.9 Å². The van der Waals surface area contributed by atoms with Gasteiger partial charge in [-0.25, -0.2) is 4.39 Å². The van der Waals surface area contributed by atoms with Crippen molar-refractivity contribution in [3.8, 4) is 5.75 Å². The zero-order valence-electron chi connectivity index (χ0n) is 18.5. The van der Waals surface area contributed by atoms with Gasteiger partial charge in [0.2, 0.25) is 0 Å². The lowest BCUT2D eigenvalue weighted by Crippen LogP contribution is -2.58. The Bertz CT molecular complexity index is 954. The maximum absolute atomic E-state index is 13.2. The van der Waals surface area contributed by atoms with Crippen LogP contribution in [-0.4, -0.2) is 60.6 Å². The highest BCUT2D eigenvalue weighted by Crippen LogP contribution is 2.25. The fourth-order valence-corrected chi connectivity index (χ4v) is 4.28. The Labute approximate surface area is 196 Å². The van der Waals surface area contributed by atoms with Crippen molar-refractivity contribution in [2.24, 2.45) is 0 Å². The Morgan fingerprint density at radius 1 is 1.09 bits per heavy atom. The highest BCUT2D eigenvalue weighted by atomic mass is 79.9. The molecule has 0 aliphatic carbocycles. The molecule has 1 saturated heterocycles. The van der Waals surface area contributed by atoms with Crippen molar-refractivity contribution in [2.75, 3.05) is 26.8 Å². The van der Waals surface area contributed by atoms with Gasteiger partial charge in [-0.2, -0.15) is 0 Å². The van der Waals surface area contributed by atoms with E-state index in [0.29, 0.717) is 24.4 Å². The molecule has 2 atom stereocenters. The molecule has 2 aromatic rings. The van der Waals surface area contributed by atoms with E-state index in [0.717, 1.165) is 16.6 Å². The molecule has 8 heteroatoms. The topological polar surface area (TPSA) is 59.1 Å². The van der Waals surface area contributed by atoms with Gasteiger partial charge < -0.3 is 14.4 Å². The van der Waals surface area contributed by atoms with Crippen LogP contribution in [0.5, 0.6) is 5.75 Å². The largest absolute Gasteiger partial charge is 0.483 e. The summed E-state index contributed by atoms with van der Waals surface area (Å²) >= 11 is 3.39. The highest BCUT2D eigenvalue weighted by Gasteiger charge is 2.32. The lowest BCUT2D eigenvalue weighted by Gasteiger charge is -2.44. The van der Waals surface area contributed by atoms with E-state index < -0.39 is 0 Å². The van der Waals surface area contributed by atoms with E-state index in [2.05, 4.69) is 27.8 Å². The van der Waals surface area contributed by atoms with E-state index in [-0.39, 0.29) is 42.8 Å². The van der Waals surface area contributed by atoms with Gasteiger partial charge in [-0.05, 0) is 49.7 Å². The number of piperazine rings is 1. The van der Waals surface area contributed by atoms with Crippen LogP contribution in [0.1, 0.15) is 25.0 Å². The molecule has 0 saturated carbocycles. The molecule has 1 aliphatic heterocycles. The number of nitrogens with zero attached hydrogens (tertiary/aromatic N) is 2. The van der Waals surface area contributed by atoms with Crippen LogP contribution >= 0.6 is 15.9 Å². The second-order valence-electron chi connectivity index (χ2n) is 8.09. The summed E-state index contributed by atoms with van der Waals surface area (Å²) in [7, 11) is 1.34. The molecule has 3 rings (SSSR count). The van der Waals surface area contributed by atoms with Crippen LogP contribution in [0, 0.1) is 5.82 Å². The number of carbonyl (C=O) groups excluding carboxylic acids is 2. The quantitative estimate of drug-likeness (QED) is 0.534. The molecule has 0 radical (unpaired) electrons. The van der Waals surface area contributed by atoms with Crippen LogP contribution in [-0.2, 0) is 27.3 Å². The number of amides is 1. The summed E-state index contributed by atoms with van der Waals surface area (Å²) in [5, 5.41) is 0. The van der Waals surface area contributed by atoms with E-state index in [9.17, 15) is 14.0 Å². The van der Waals surface area contributed by atoms with E-state index in [1.165, 1.54) is 19.2 Å². The van der Waals surface area contributed by atoms with Gasteiger partial charge in [-0.1, -0.05) is 28.1 Å². The predicted octanol–water partition coefficient (Wildman–Crippen LogP) is 3.80. The van der Waals surface area contributed by atoms with Gasteiger partial charge in [0.25, 0.3) is 5.91 Å². The second-order valence-corrected chi connectivity index (χ2v) is 9.01. The Balaban J connectivity index is 1.59. The molecule has 32 heavy (non-hydrogen) atoms. The Morgan fingerprint density at radius 3 is 2.50 bits per heavy atom. The number of esters is 1. The summed E-state index contributed by atoms with van der Waals surface area (Å²) in [6.07, 6.45) is 0.0644. The molecule has 2 unspecified atom stereocenters. The van der Waals surface area contributed by atoms with Crippen LogP contribution in [0.3, 0.4) is 0 Å². The number of carbonyl (C=O) groups is 2. The molecule has 1 heterocycles. The van der Waals surface area contributed by atoms with E-state index in [1.807, 2.05) is 11.8 Å². The Hall–Kier alpha value is -2.45. The molecule has 1 amide bonds. The predicted molar refractivity (Wildman–Crippen MR) is 123 cm³/mol. The highest BCUT2D eigenvalue weighted by molar-refractivity contribution is 9.10. The zero-order valence-corrected chi connectivity index (χ0v) is 20.1. The first-order valence-electron chi connectivity index (χ1n) is 10.5. The van der Waals surface area contributed by atoms with Gasteiger partial charge in [0.05, 0.1) is 13.5 Å². The SMILES string of the molecule is COC(=O)Cc1cc(Br)ccc1OCC(=O)N1CC(C)N(Cc2ccc(F)cc2)CC1C. The van der Waals surface area contributed by atoms with Gasteiger partial charge in [0.15, 0.2) is 6.61 Å². The Morgan fingerprint density at radius 2 is 1.81 bits per heavy atom. The van der Waals surface area contributed by atoms with Gasteiger partial charge in [-0.15, -0.1) is 0 Å². The van der Waals surface area contributed by atoms with E-state index >= 15 is 0 Å². The first-order valence-corrected chi connectivity index (χ1v) is 11.3. The maximum atomic E-state index is 13.2.